The molecule has 1 atom stereocenters. The lowest BCUT2D eigenvalue weighted by Gasteiger charge is -2.35. The summed E-state index contributed by atoms with van der Waals surface area (Å²) in [4.78, 5) is 17.7. The van der Waals surface area contributed by atoms with Gasteiger partial charge in [0.15, 0.2) is 6.79 Å². The fraction of sp³-hybridized carbons (Fsp3) is 0.538. The third kappa shape index (κ3) is 6.84. The third-order valence-corrected chi connectivity index (χ3v) is 6.15. The molecule has 0 saturated heterocycles. The summed E-state index contributed by atoms with van der Waals surface area (Å²) in [6.45, 7) is 2.34. The van der Waals surface area contributed by atoms with Gasteiger partial charge in [-0.05, 0) is 50.3 Å². The molecule has 3 rings (SSSR count). The van der Waals surface area contributed by atoms with Gasteiger partial charge in [0.25, 0.3) is 0 Å². The van der Waals surface area contributed by atoms with E-state index in [1.807, 2.05) is 49.4 Å². The molecule has 0 spiro atoms. The van der Waals surface area contributed by atoms with Crippen molar-refractivity contribution in [3.05, 3.63) is 47.7 Å². The average Bonchev–Trinajstić information content (AvgIpc) is 2.88. The minimum absolute atomic E-state index is 0.0655. The van der Waals surface area contributed by atoms with E-state index in [9.17, 15) is 4.79 Å². The fourth-order valence-electron chi connectivity index (χ4n) is 4.12. The van der Waals surface area contributed by atoms with Gasteiger partial charge in [-0.25, -0.2) is 0 Å². The van der Waals surface area contributed by atoms with Gasteiger partial charge in [-0.3, -0.25) is 9.78 Å². The summed E-state index contributed by atoms with van der Waals surface area (Å²) in [5.74, 6) is -0.277. The van der Waals surface area contributed by atoms with Crippen molar-refractivity contribution in [2.75, 3.05) is 41.7 Å². The highest BCUT2D eigenvalue weighted by molar-refractivity contribution is 5.83. The predicted octanol–water partition coefficient (Wildman–Crippen LogP) is 4.63. The van der Waals surface area contributed by atoms with Crippen molar-refractivity contribution >= 4 is 22.9 Å². The molecule has 0 bridgehead atoms. The Kier molecular flexibility index (Phi) is 9.98. The fourth-order valence-corrected chi connectivity index (χ4v) is 4.12. The summed E-state index contributed by atoms with van der Waals surface area (Å²) in [5, 5.41) is 1.03. The smallest absolute Gasteiger partial charge is 0.318 e. The first kappa shape index (κ1) is 26.2. The molecule has 1 heterocycles. The SMILES string of the molecule is COCOC(=O)C1(/C=C/c2ccc3ccc([C@@H](C)OCOC)nc3c2)CCC(OCOC)CC1. The number of rotatable bonds is 12. The van der Waals surface area contributed by atoms with Crippen LogP contribution in [0.2, 0.25) is 0 Å². The number of carbonyl (C=O) groups excluding carboxylic acids is 1. The molecule has 1 saturated carbocycles. The van der Waals surface area contributed by atoms with Gasteiger partial charge in [-0.2, -0.15) is 0 Å². The zero-order valence-corrected chi connectivity index (χ0v) is 20.5. The molecule has 1 fully saturated rings. The van der Waals surface area contributed by atoms with Gasteiger partial charge in [-0.15, -0.1) is 0 Å². The number of carbonyl (C=O) groups is 1. The highest BCUT2D eigenvalue weighted by Gasteiger charge is 2.41. The van der Waals surface area contributed by atoms with Crippen molar-refractivity contribution in [3.8, 4) is 0 Å². The number of fused-ring (bicyclic) bond motifs is 1. The van der Waals surface area contributed by atoms with E-state index >= 15 is 0 Å². The van der Waals surface area contributed by atoms with Crippen LogP contribution < -0.4 is 0 Å². The Hall–Kier alpha value is -2.36. The zero-order valence-electron chi connectivity index (χ0n) is 20.5. The monoisotopic (exact) mass is 473 g/mol. The molecule has 2 aromatic rings. The number of hydrogen-bond donors (Lipinski definition) is 0. The number of pyridine rings is 1. The summed E-state index contributed by atoms with van der Waals surface area (Å²) >= 11 is 0. The van der Waals surface area contributed by atoms with Gasteiger partial charge in [0.1, 0.15) is 13.6 Å². The second kappa shape index (κ2) is 12.9. The summed E-state index contributed by atoms with van der Waals surface area (Å²) in [7, 11) is 4.70. The largest absolute Gasteiger partial charge is 0.438 e. The summed E-state index contributed by atoms with van der Waals surface area (Å²) in [6.07, 6.45) is 6.58. The molecule has 1 aromatic heterocycles. The van der Waals surface area contributed by atoms with Crippen LogP contribution in [0.25, 0.3) is 17.0 Å². The summed E-state index contributed by atoms with van der Waals surface area (Å²) in [5.41, 5.74) is 1.93. The van der Waals surface area contributed by atoms with Gasteiger partial charge < -0.3 is 28.4 Å². The molecule has 0 aliphatic heterocycles. The third-order valence-electron chi connectivity index (χ3n) is 6.15. The molecule has 1 aliphatic carbocycles. The molecular weight excluding hydrogens is 438 g/mol. The lowest BCUT2D eigenvalue weighted by atomic mass is 9.72. The Labute approximate surface area is 201 Å². The lowest BCUT2D eigenvalue weighted by molar-refractivity contribution is -0.167. The molecule has 1 aromatic carbocycles. The molecule has 8 nitrogen and oxygen atoms in total. The number of benzene rings is 1. The topological polar surface area (TPSA) is 85.3 Å². The molecule has 8 heteroatoms. The predicted molar refractivity (Wildman–Crippen MR) is 128 cm³/mol. The van der Waals surface area contributed by atoms with E-state index in [4.69, 9.17) is 33.4 Å². The lowest BCUT2D eigenvalue weighted by Crippen LogP contribution is -2.37. The molecule has 0 unspecified atom stereocenters. The van der Waals surface area contributed by atoms with Crippen molar-refractivity contribution in [3.63, 3.8) is 0 Å². The minimum Gasteiger partial charge on any atom is -0.438 e. The minimum atomic E-state index is -0.724. The highest BCUT2D eigenvalue weighted by atomic mass is 16.7. The van der Waals surface area contributed by atoms with E-state index in [0.29, 0.717) is 12.8 Å². The van der Waals surface area contributed by atoms with Gasteiger partial charge in [0, 0.05) is 26.7 Å². The van der Waals surface area contributed by atoms with E-state index in [2.05, 4.69) is 0 Å². The van der Waals surface area contributed by atoms with E-state index in [-0.39, 0.29) is 38.6 Å². The summed E-state index contributed by atoms with van der Waals surface area (Å²) < 4.78 is 31.6. The standard InChI is InChI=1S/C26H35NO7/c1-19(32-16-29-2)23-8-7-21-6-5-20(15-24(21)27-23)9-12-26(25(28)34-18-31-4)13-10-22(11-14-26)33-17-30-3/h5-9,12,15,19,22H,10-11,13-14,16-18H2,1-4H3/b12-9+/t19-,22?,26?/m1/s1. The van der Waals surface area contributed by atoms with Crippen LogP contribution in [0.1, 0.15) is 50.0 Å². The average molecular weight is 474 g/mol. The van der Waals surface area contributed by atoms with E-state index in [0.717, 1.165) is 35.0 Å². The number of esters is 1. The number of methoxy groups -OCH3 is 3. The first-order valence-corrected chi connectivity index (χ1v) is 11.5. The van der Waals surface area contributed by atoms with Crippen molar-refractivity contribution in [2.45, 2.75) is 44.8 Å². The first-order valence-electron chi connectivity index (χ1n) is 11.5. The molecule has 186 valence electrons. The van der Waals surface area contributed by atoms with E-state index in [1.54, 1.807) is 14.2 Å². The van der Waals surface area contributed by atoms with Gasteiger partial charge in [0.2, 0.25) is 0 Å². The van der Waals surface area contributed by atoms with Crippen LogP contribution in [-0.4, -0.2) is 58.8 Å². The second-order valence-corrected chi connectivity index (χ2v) is 8.50. The quantitative estimate of drug-likeness (QED) is 0.326. The van der Waals surface area contributed by atoms with Crippen LogP contribution in [0.3, 0.4) is 0 Å². The number of ether oxygens (including phenoxy) is 6. The van der Waals surface area contributed by atoms with Crippen LogP contribution in [0, 0.1) is 5.41 Å². The first-order chi connectivity index (χ1) is 16.5. The van der Waals surface area contributed by atoms with Gasteiger partial charge in [0.05, 0.1) is 28.8 Å². The number of nitrogens with zero attached hydrogens (tertiary/aromatic N) is 1. The molecule has 1 aliphatic rings. The molecular formula is C26H35NO7. The number of aromatic nitrogens is 1. The van der Waals surface area contributed by atoms with Crippen LogP contribution >= 0.6 is 0 Å². The Morgan fingerprint density at radius 2 is 1.76 bits per heavy atom. The van der Waals surface area contributed by atoms with Crippen molar-refractivity contribution in [1.82, 2.24) is 4.98 Å². The maximum absolute atomic E-state index is 13.0. The molecule has 0 amide bonds. The maximum atomic E-state index is 13.0. The Morgan fingerprint density at radius 1 is 1.06 bits per heavy atom. The van der Waals surface area contributed by atoms with Crippen molar-refractivity contribution in [2.24, 2.45) is 5.41 Å². The highest BCUT2D eigenvalue weighted by Crippen LogP contribution is 2.40. The molecule has 34 heavy (non-hydrogen) atoms. The van der Waals surface area contributed by atoms with Crippen LogP contribution in [0.4, 0.5) is 0 Å². The Balaban J connectivity index is 1.80. The van der Waals surface area contributed by atoms with E-state index in [1.165, 1.54) is 7.11 Å². The zero-order chi connectivity index (χ0) is 24.4. The van der Waals surface area contributed by atoms with E-state index < -0.39 is 5.41 Å². The van der Waals surface area contributed by atoms with Crippen LogP contribution in [0.5, 0.6) is 0 Å². The second-order valence-electron chi connectivity index (χ2n) is 8.50. The van der Waals surface area contributed by atoms with Gasteiger partial charge in [-0.1, -0.05) is 30.4 Å². The van der Waals surface area contributed by atoms with Gasteiger partial charge >= 0.3 is 5.97 Å². The van der Waals surface area contributed by atoms with Crippen LogP contribution in [0.15, 0.2) is 36.4 Å². The number of hydrogen-bond acceptors (Lipinski definition) is 8. The molecule has 0 N–H and O–H groups in total. The summed E-state index contributed by atoms with van der Waals surface area (Å²) in [6, 6.07) is 10.1. The normalized spacial score (nSPS) is 21.7. The van der Waals surface area contributed by atoms with Crippen LogP contribution in [-0.2, 0) is 33.2 Å². The van der Waals surface area contributed by atoms with Crippen molar-refractivity contribution < 1.29 is 33.2 Å². The maximum Gasteiger partial charge on any atom is 0.318 e. The molecule has 0 radical (unpaired) electrons. The Bertz CT molecular complexity index is 953. The van der Waals surface area contributed by atoms with Crippen molar-refractivity contribution in [1.29, 1.82) is 0 Å². The Morgan fingerprint density at radius 3 is 2.47 bits per heavy atom.